The lowest BCUT2D eigenvalue weighted by Crippen LogP contribution is -2.39. The quantitative estimate of drug-likeness (QED) is 0.270. The molecular formula is C31H34N6O5S. The van der Waals surface area contributed by atoms with E-state index in [1.54, 1.807) is 43.1 Å². The molecule has 2 aromatic carbocycles. The van der Waals surface area contributed by atoms with Gasteiger partial charge in [-0.2, -0.15) is 5.10 Å². The molecule has 3 heterocycles. The van der Waals surface area contributed by atoms with Gasteiger partial charge < -0.3 is 14.6 Å². The predicted molar refractivity (Wildman–Crippen MR) is 164 cm³/mol. The summed E-state index contributed by atoms with van der Waals surface area (Å²) in [6, 6.07) is 8.99. The van der Waals surface area contributed by atoms with Gasteiger partial charge in [0.1, 0.15) is 17.1 Å². The van der Waals surface area contributed by atoms with Gasteiger partial charge in [0.2, 0.25) is 5.91 Å². The van der Waals surface area contributed by atoms with E-state index in [0.717, 1.165) is 6.42 Å². The molecule has 1 saturated heterocycles. The van der Waals surface area contributed by atoms with Crippen LogP contribution in [0.2, 0.25) is 0 Å². The second kappa shape index (κ2) is 11.6. The highest BCUT2D eigenvalue weighted by molar-refractivity contribution is 7.92. The fraction of sp³-hybridized carbons (Fsp3) is 0.387. The number of carbonyl (C=O) groups excluding carboxylic acids is 1. The Morgan fingerprint density at radius 2 is 1.91 bits per heavy atom. The first kappa shape index (κ1) is 30.0. The SMILES string of the molecule is [C-]#[N+]c1ccc(N2C(=O)CC(S(=O)(=O)c3ccc(OCC)c(-c4nc5c(CCC)nn(C)c5c(=O)[nH]4)c3)C2CC)cc1C. The van der Waals surface area contributed by atoms with Crippen LogP contribution in [0.15, 0.2) is 46.1 Å². The van der Waals surface area contributed by atoms with Crippen molar-refractivity contribution in [3.8, 4) is 17.1 Å². The van der Waals surface area contributed by atoms with Crippen molar-refractivity contribution in [2.45, 2.75) is 69.6 Å². The number of hydrogen-bond acceptors (Lipinski definition) is 7. The van der Waals surface area contributed by atoms with E-state index in [9.17, 15) is 18.0 Å². The van der Waals surface area contributed by atoms with Crippen LogP contribution in [0.25, 0.3) is 27.3 Å². The molecular weight excluding hydrogens is 568 g/mol. The molecule has 12 heteroatoms. The van der Waals surface area contributed by atoms with E-state index in [1.165, 1.54) is 16.8 Å². The molecule has 1 aliphatic rings. The molecule has 5 rings (SSSR count). The number of anilines is 1. The molecule has 2 unspecified atom stereocenters. The average Bonchev–Trinajstić information content (AvgIpc) is 3.49. The number of nitrogens with one attached hydrogen (secondary N) is 1. The highest BCUT2D eigenvalue weighted by Crippen LogP contribution is 2.39. The Hall–Kier alpha value is -4.50. The molecule has 43 heavy (non-hydrogen) atoms. The van der Waals surface area contributed by atoms with Gasteiger partial charge in [-0.1, -0.05) is 26.3 Å². The molecule has 0 radical (unpaired) electrons. The van der Waals surface area contributed by atoms with Crippen molar-refractivity contribution in [2.75, 3.05) is 11.5 Å². The van der Waals surface area contributed by atoms with Crippen LogP contribution >= 0.6 is 0 Å². The van der Waals surface area contributed by atoms with Crippen molar-refractivity contribution in [1.29, 1.82) is 0 Å². The number of sulfone groups is 1. The number of H-pyrrole nitrogens is 1. The smallest absolute Gasteiger partial charge is 0.277 e. The number of aromatic amines is 1. The number of aryl methyl sites for hydroxylation is 3. The van der Waals surface area contributed by atoms with Crippen LogP contribution < -0.4 is 15.2 Å². The summed E-state index contributed by atoms with van der Waals surface area (Å²) in [5, 5.41) is 3.47. The second-order valence-electron chi connectivity index (χ2n) is 10.6. The Morgan fingerprint density at radius 3 is 2.56 bits per heavy atom. The third-order valence-corrected chi connectivity index (χ3v) is 10.1. The van der Waals surface area contributed by atoms with Crippen LogP contribution in [0.5, 0.6) is 5.75 Å². The zero-order chi connectivity index (χ0) is 31.1. The molecule has 1 aliphatic heterocycles. The number of fused-ring (bicyclic) bond motifs is 1. The molecule has 224 valence electrons. The summed E-state index contributed by atoms with van der Waals surface area (Å²) in [5.41, 5.74) is 3.18. The molecule has 1 amide bonds. The van der Waals surface area contributed by atoms with E-state index in [2.05, 4.69) is 14.9 Å². The summed E-state index contributed by atoms with van der Waals surface area (Å²) in [7, 11) is -2.34. The lowest BCUT2D eigenvalue weighted by atomic mass is 10.1. The second-order valence-corrected chi connectivity index (χ2v) is 12.8. The topological polar surface area (TPSA) is 132 Å². The van der Waals surface area contributed by atoms with E-state index in [-0.39, 0.29) is 23.0 Å². The summed E-state index contributed by atoms with van der Waals surface area (Å²) >= 11 is 0. The van der Waals surface area contributed by atoms with Gasteiger partial charge in [-0.3, -0.25) is 14.3 Å². The number of amides is 1. The van der Waals surface area contributed by atoms with E-state index in [4.69, 9.17) is 16.3 Å². The van der Waals surface area contributed by atoms with Gasteiger partial charge in [-0.25, -0.2) is 18.2 Å². The van der Waals surface area contributed by atoms with Gasteiger partial charge in [0, 0.05) is 19.2 Å². The maximum Gasteiger partial charge on any atom is 0.277 e. The fourth-order valence-electron chi connectivity index (χ4n) is 5.88. The third-order valence-electron chi connectivity index (χ3n) is 7.89. The molecule has 0 spiro atoms. The van der Waals surface area contributed by atoms with Crippen molar-refractivity contribution in [3.63, 3.8) is 0 Å². The Bertz CT molecular complexity index is 1940. The number of rotatable bonds is 9. The van der Waals surface area contributed by atoms with Gasteiger partial charge in [0.15, 0.2) is 21.0 Å². The van der Waals surface area contributed by atoms with Gasteiger partial charge in [-0.15, -0.1) is 0 Å². The van der Waals surface area contributed by atoms with Crippen LogP contribution in [0.4, 0.5) is 11.4 Å². The molecule has 2 aromatic heterocycles. The van der Waals surface area contributed by atoms with E-state index in [1.807, 2.05) is 20.8 Å². The van der Waals surface area contributed by atoms with Crippen LogP contribution in [0, 0.1) is 13.5 Å². The predicted octanol–water partition coefficient (Wildman–Crippen LogP) is 4.89. The van der Waals surface area contributed by atoms with Gasteiger partial charge in [0.25, 0.3) is 5.56 Å². The Morgan fingerprint density at radius 1 is 1.14 bits per heavy atom. The number of benzene rings is 2. The molecule has 0 saturated carbocycles. The maximum atomic E-state index is 14.2. The number of ether oxygens (including phenoxy) is 1. The van der Waals surface area contributed by atoms with E-state index >= 15 is 0 Å². The zero-order valence-electron chi connectivity index (χ0n) is 24.8. The van der Waals surface area contributed by atoms with Crippen molar-refractivity contribution in [1.82, 2.24) is 19.7 Å². The molecule has 0 bridgehead atoms. The van der Waals surface area contributed by atoms with E-state index < -0.39 is 26.7 Å². The Kier molecular flexibility index (Phi) is 8.12. The molecule has 11 nitrogen and oxygen atoms in total. The minimum atomic E-state index is -4.03. The lowest BCUT2D eigenvalue weighted by Gasteiger charge is -2.28. The first-order valence-electron chi connectivity index (χ1n) is 14.3. The number of nitrogens with zero attached hydrogens (tertiary/aromatic N) is 5. The molecule has 2 atom stereocenters. The van der Waals surface area contributed by atoms with Crippen molar-refractivity contribution in [2.24, 2.45) is 7.05 Å². The summed E-state index contributed by atoms with van der Waals surface area (Å²) in [6.07, 6.45) is 1.68. The summed E-state index contributed by atoms with van der Waals surface area (Å²) in [5.74, 6) is 0.254. The average molecular weight is 603 g/mol. The van der Waals surface area contributed by atoms with E-state index in [0.29, 0.717) is 64.4 Å². The van der Waals surface area contributed by atoms with Crippen molar-refractivity contribution in [3.05, 3.63) is 69.4 Å². The largest absolute Gasteiger partial charge is 0.493 e. The Labute approximate surface area is 250 Å². The minimum Gasteiger partial charge on any atom is -0.493 e. The van der Waals surface area contributed by atoms with Crippen molar-refractivity contribution < 1.29 is 17.9 Å². The standard InChI is InChI=1S/C31H34N6O5S/c1-7-10-23-28-29(36(6)35-23)31(39)34-30(33-28)21-16-20(12-14-25(21)42-9-3)43(40,41)26-17-27(38)37(24(26)8-2)19-11-13-22(32-5)18(4)15-19/h11-16,24,26H,7-10,17H2,1-4,6H3,(H,33,34,39). The van der Waals surface area contributed by atoms with Gasteiger partial charge in [0.05, 0.1) is 40.6 Å². The van der Waals surface area contributed by atoms with Gasteiger partial charge >= 0.3 is 0 Å². The summed E-state index contributed by atoms with van der Waals surface area (Å²) in [4.78, 5) is 39.0. The Balaban J connectivity index is 1.60. The normalized spacial score (nSPS) is 17.0. The van der Waals surface area contributed by atoms with Crippen LogP contribution in [-0.2, 0) is 28.1 Å². The molecule has 4 aromatic rings. The number of hydrogen-bond donors (Lipinski definition) is 1. The molecule has 0 aliphatic carbocycles. The van der Waals surface area contributed by atoms with Crippen LogP contribution in [-0.4, -0.2) is 52.0 Å². The van der Waals surface area contributed by atoms with Gasteiger partial charge in [-0.05, 0) is 62.6 Å². The number of carbonyl (C=O) groups is 1. The summed E-state index contributed by atoms with van der Waals surface area (Å²) < 4.78 is 35.7. The first-order chi connectivity index (χ1) is 20.5. The van der Waals surface area contributed by atoms with Crippen LogP contribution in [0.1, 0.15) is 51.3 Å². The molecule has 1 N–H and O–H groups in total. The zero-order valence-corrected chi connectivity index (χ0v) is 25.7. The third kappa shape index (κ3) is 5.18. The van der Waals surface area contributed by atoms with Crippen LogP contribution in [0.3, 0.4) is 0 Å². The summed E-state index contributed by atoms with van der Waals surface area (Å²) in [6.45, 7) is 15.1. The highest BCUT2D eigenvalue weighted by atomic mass is 32.2. The maximum absolute atomic E-state index is 14.2. The monoisotopic (exact) mass is 602 g/mol. The lowest BCUT2D eigenvalue weighted by molar-refractivity contribution is -0.117. The first-order valence-corrected chi connectivity index (χ1v) is 15.9. The fourth-order valence-corrected chi connectivity index (χ4v) is 7.86. The van der Waals surface area contributed by atoms with Crippen molar-refractivity contribution >= 4 is 38.2 Å². The number of aromatic nitrogens is 4. The minimum absolute atomic E-state index is 0.00584. The highest BCUT2D eigenvalue weighted by Gasteiger charge is 2.47. The molecule has 1 fully saturated rings.